The van der Waals surface area contributed by atoms with E-state index < -0.39 is 0 Å². The quantitative estimate of drug-likeness (QED) is 0.522. The standard InChI is InChI=1S/C26H31N5O2S/c1-19(24(32)27-23-13-7-11-21-10-5-6-12-22(21)23)34-26-29-28-25(30-14-16-33-17-15-30)31(26)18-20-8-3-2-4-9-20/h2-6,8-10,12,19,23H,7,11,13-18H2,1H3,(H,27,32)/t19-,23+/m0/s1. The van der Waals surface area contributed by atoms with Gasteiger partial charge < -0.3 is 15.0 Å². The molecule has 2 atom stereocenters. The van der Waals surface area contributed by atoms with Crippen molar-refractivity contribution in [1.82, 2.24) is 20.1 Å². The smallest absolute Gasteiger partial charge is 0.233 e. The maximum Gasteiger partial charge on any atom is 0.233 e. The molecule has 2 aromatic carbocycles. The molecule has 1 saturated heterocycles. The second-order valence-corrected chi connectivity index (χ2v) is 10.2. The van der Waals surface area contributed by atoms with E-state index in [2.05, 4.69) is 61.4 Å². The summed E-state index contributed by atoms with van der Waals surface area (Å²) in [6, 6.07) is 18.8. The minimum absolute atomic E-state index is 0.0360. The predicted molar refractivity (Wildman–Crippen MR) is 134 cm³/mol. The number of carbonyl (C=O) groups is 1. The number of rotatable bonds is 7. The van der Waals surface area contributed by atoms with Gasteiger partial charge in [-0.15, -0.1) is 10.2 Å². The normalized spacial score (nSPS) is 18.9. The molecule has 1 fully saturated rings. The first kappa shape index (κ1) is 22.9. The topological polar surface area (TPSA) is 72.3 Å². The molecule has 1 amide bonds. The first-order valence-corrected chi connectivity index (χ1v) is 12.9. The van der Waals surface area contributed by atoms with Crippen LogP contribution in [-0.4, -0.2) is 52.2 Å². The Morgan fingerprint density at radius 3 is 2.71 bits per heavy atom. The number of hydrogen-bond acceptors (Lipinski definition) is 6. The van der Waals surface area contributed by atoms with E-state index >= 15 is 0 Å². The highest BCUT2D eigenvalue weighted by Crippen LogP contribution is 2.31. The van der Waals surface area contributed by atoms with Gasteiger partial charge in [-0.25, -0.2) is 0 Å². The molecule has 2 heterocycles. The highest BCUT2D eigenvalue weighted by atomic mass is 32.2. The molecule has 0 bridgehead atoms. The zero-order valence-corrected chi connectivity index (χ0v) is 20.3. The van der Waals surface area contributed by atoms with Crippen molar-refractivity contribution in [2.45, 2.75) is 49.2 Å². The van der Waals surface area contributed by atoms with Crippen molar-refractivity contribution in [2.24, 2.45) is 0 Å². The highest BCUT2D eigenvalue weighted by Gasteiger charge is 2.27. The molecule has 0 unspecified atom stereocenters. The Labute approximate surface area is 204 Å². The predicted octanol–water partition coefficient (Wildman–Crippen LogP) is 3.84. The number of nitrogens with one attached hydrogen (secondary N) is 1. The Kier molecular flexibility index (Phi) is 7.16. The summed E-state index contributed by atoms with van der Waals surface area (Å²) in [6.45, 7) is 5.55. The fourth-order valence-corrected chi connectivity index (χ4v) is 5.53. The molecule has 34 heavy (non-hydrogen) atoms. The van der Waals surface area contributed by atoms with Crippen molar-refractivity contribution in [3.8, 4) is 0 Å². The summed E-state index contributed by atoms with van der Waals surface area (Å²) in [5, 5.41) is 12.8. The molecule has 0 saturated carbocycles. The number of carbonyl (C=O) groups excluding carboxylic acids is 1. The van der Waals surface area contributed by atoms with E-state index in [4.69, 9.17) is 4.74 Å². The van der Waals surface area contributed by atoms with Gasteiger partial charge in [-0.2, -0.15) is 0 Å². The summed E-state index contributed by atoms with van der Waals surface area (Å²) in [5.41, 5.74) is 3.77. The van der Waals surface area contributed by atoms with E-state index in [1.54, 1.807) is 0 Å². The third kappa shape index (κ3) is 5.13. The summed E-state index contributed by atoms with van der Waals surface area (Å²) in [4.78, 5) is 15.4. The van der Waals surface area contributed by atoms with E-state index in [0.717, 1.165) is 43.5 Å². The number of fused-ring (bicyclic) bond motifs is 1. The second-order valence-electron chi connectivity index (χ2n) is 8.87. The Hall–Kier alpha value is -2.84. The van der Waals surface area contributed by atoms with Crippen LogP contribution in [-0.2, 0) is 22.5 Å². The van der Waals surface area contributed by atoms with E-state index in [1.165, 1.54) is 28.5 Å². The van der Waals surface area contributed by atoms with Gasteiger partial charge in [0.2, 0.25) is 11.9 Å². The summed E-state index contributed by atoms with van der Waals surface area (Å²) < 4.78 is 7.65. The maximum atomic E-state index is 13.2. The van der Waals surface area contributed by atoms with Crippen LogP contribution in [0.1, 0.15) is 42.5 Å². The molecule has 8 heteroatoms. The number of anilines is 1. The van der Waals surface area contributed by atoms with Crippen molar-refractivity contribution >= 4 is 23.6 Å². The van der Waals surface area contributed by atoms with Gasteiger partial charge in [0.1, 0.15) is 0 Å². The molecule has 3 aromatic rings. The van der Waals surface area contributed by atoms with Crippen molar-refractivity contribution in [1.29, 1.82) is 0 Å². The van der Waals surface area contributed by atoms with Crippen LogP contribution in [0.5, 0.6) is 0 Å². The Morgan fingerprint density at radius 1 is 1.12 bits per heavy atom. The van der Waals surface area contributed by atoms with Gasteiger partial charge in [0, 0.05) is 13.1 Å². The summed E-state index contributed by atoms with van der Waals surface area (Å²) >= 11 is 1.47. The lowest BCUT2D eigenvalue weighted by Gasteiger charge is -2.28. The van der Waals surface area contributed by atoms with Gasteiger partial charge in [-0.1, -0.05) is 66.4 Å². The Morgan fingerprint density at radius 2 is 1.88 bits per heavy atom. The van der Waals surface area contributed by atoms with Crippen LogP contribution in [0.15, 0.2) is 59.8 Å². The fraction of sp³-hybridized carbons (Fsp3) is 0.423. The average molecular weight is 478 g/mol. The van der Waals surface area contributed by atoms with Crippen LogP contribution in [0.2, 0.25) is 0 Å². The lowest BCUT2D eigenvalue weighted by Crippen LogP contribution is -2.38. The number of morpholine rings is 1. The fourth-order valence-electron chi connectivity index (χ4n) is 4.67. The number of benzene rings is 2. The van der Waals surface area contributed by atoms with Crippen LogP contribution in [0.4, 0.5) is 5.95 Å². The maximum absolute atomic E-state index is 13.2. The second kappa shape index (κ2) is 10.6. The third-order valence-electron chi connectivity index (χ3n) is 6.51. The average Bonchev–Trinajstić information content (AvgIpc) is 3.27. The lowest BCUT2D eigenvalue weighted by atomic mass is 9.88. The number of aromatic nitrogens is 3. The molecule has 1 aromatic heterocycles. The number of thioether (sulfide) groups is 1. The third-order valence-corrected chi connectivity index (χ3v) is 7.59. The van der Waals surface area contributed by atoms with Gasteiger partial charge in [0.05, 0.1) is 31.1 Å². The molecular weight excluding hydrogens is 446 g/mol. The first-order valence-electron chi connectivity index (χ1n) is 12.0. The molecule has 178 valence electrons. The summed E-state index contributed by atoms with van der Waals surface area (Å²) in [6.07, 6.45) is 3.16. The Balaban J connectivity index is 1.33. The number of amides is 1. The zero-order valence-electron chi connectivity index (χ0n) is 19.5. The molecule has 1 aliphatic carbocycles. The van der Waals surface area contributed by atoms with Crippen molar-refractivity contribution in [3.05, 3.63) is 71.3 Å². The molecule has 1 aliphatic heterocycles. The molecule has 7 nitrogen and oxygen atoms in total. The molecule has 0 radical (unpaired) electrons. The molecule has 2 aliphatic rings. The largest absolute Gasteiger partial charge is 0.378 e. The van der Waals surface area contributed by atoms with Gasteiger partial charge in [0.25, 0.3) is 0 Å². The molecule has 5 rings (SSSR count). The molecular formula is C26H31N5O2S. The van der Waals surface area contributed by atoms with Gasteiger partial charge >= 0.3 is 0 Å². The van der Waals surface area contributed by atoms with Crippen LogP contribution < -0.4 is 10.2 Å². The minimum atomic E-state index is -0.287. The zero-order chi connectivity index (χ0) is 23.3. The van der Waals surface area contributed by atoms with Crippen molar-refractivity contribution in [3.63, 3.8) is 0 Å². The van der Waals surface area contributed by atoms with Gasteiger partial charge in [0.15, 0.2) is 5.16 Å². The van der Waals surface area contributed by atoms with Crippen LogP contribution >= 0.6 is 11.8 Å². The first-order chi connectivity index (χ1) is 16.7. The van der Waals surface area contributed by atoms with E-state index in [-0.39, 0.29) is 17.2 Å². The van der Waals surface area contributed by atoms with Crippen molar-refractivity contribution < 1.29 is 9.53 Å². The van der Waals surface area contributed by atoms with Crippen molar-refractivity contribution in [2.75, 3.05) is 31.2 Å². The minimum Gasteiger partial charge on any atom is -0.378 e. The van der Waals surface area contributed by atoms with E-state index in [9.17, 15) is 4.79 Å². The Bertz CT molecular complexity index is 1110. The number of aryl methyl sites for hydroxylation is 1. The van der Waals surface area contributed by atoms with Crippen LogP contribution in [0.3, 0.4) is 0 Å². The van der Waals surface area contributed by atoms with Gasteiger partial charge in [-0.05, 0) is 42.9 Å². The van der Waals surface area contributed by atoms with Crippen LogP contribution in [0.25, 0.3) is 0 Å². The number of ether oxygens (including phenoxy) is 1. The van der Waals surface area contributed by atoms with E-state index in [0.29, 0.717) is 19.8 Å². The molecule has 0 spiro atoms. The number of nitrogens with zero attached hydrogens (tertiary/aromatic N) is 4. The summed E-state index contributed by atoms with van der Waals surface area (Å²) in [7, 11) is 0. The van der Waals surface area contributed by atoms with Crippen LogP contribution in [0, 0.1) is 0 Å². The SMILES string of the molecule is C[C@H](Sc1nnc(N2CCOCC2)n1Cc1ccccc1)C(=O)N[C@@H]1CCCc2ccccc21. The number of hydrogen-bond donors (Lipinski definition) is 1. The van der Waals surface area contributed by atoms with E-state index in [1.807, 2.05) is 25.1 Å². The summed E-state index contributed by atoms with van der Waals surface area (Å²) in [5.74, 6) is 0.873. The van der Waals surface area contributed by atoms with Gasteiger partial charge in [-0.3, -0.25) is 9.36 Å². The highest BCUT2D eigenvalue weighted by molar-refractivity contribution is 8.00. The molecule has 1 N–H and O–H groups in total. The lowest BCUT2D eigenvalue weighted by molar-refractivity contribution is -0.121. The monoisotopic (exact) mass is 477 g/mol.